The Labute approximate surface area is 275 Å². The van der Waals surface area contributed by atoms with Crippen molar-refractivity contribution in [3.8, 4) is 0 Å². The third kappa shape index (κ3) is 32.2. The number of quaternary nitrogens is 1. The lowest BCUT2D eigenvalue weighted by molar-refractivity contribution is -0.870. The second kappa shape index (κ2) is 28.7. The molecule has 45 heavy (non-hydrogen) atoms. The molecule has 0 heterocycles. The Kier molecular flexibility index (Phi) is 27.7. The molecule has 0 aliphatic heterocycles. The fraction of sp³-hybridized carbons (Fsp3) is 0.829. The number of likely N-dealkylation sites (N-methyl/N-ethyl adjacent to an activating group) is 1. The molecule has 264 valence electrons. The molecular formula is C35H67NO8P+. The molecule has 0 radical (unpaired) electrons. The van der Waals surface area contributed by atoms with Crippen molar-refractivity contribution in [1.29, 1.82) is 0 Å². The Morgan fingerprint density at radius 2 is 1.20 bits per heavy atom. The van der Waals surface area contributed by atoms with Gasteiger partial charge in [0.1, 0.15) is 19.8 Å². The van der Waals surface area contributed by atoms with Crippen molar-refractivity contribution >= 4 is 19.8 Å². The molecule has 0 spiro atoms. The number of allylic oxidation sites excluding steroid dienone is 4. The molecule has 9 nitrogen and oxygen atoms in total. The number of rotatable bonds is 31. The molecule has 0 saturated heterocycles. The van der Waals surface area contributed by atoms with Crippen LogP contribution in [0.15, 0.2) is 24.3 Å². The highest BCUT2D eigenvalue weighted by molar-refractivity contribution is 7.47. The number of hydrogen-bond acceptors (Lipinski definition) is 7. The summed E-state index contributed by atoms with van der Waals surface area (Å²) in [6.07, 6.45) is 26.8. The maximum Gasteiger partial charge on any atom is 0.472 e. The Balaban J connectivity index is 4.44. The summed E-state index contributed by atoms with van der Waals surface area (Å²) in [7, 11) is 1.46. The molecule has 0 aliphatic rings. The molecule has 1 N–H and O–H groups in total. The van der Waals surface area contributed by atoms with Gasteiger partial charge in [-0.2, -0.15) is 0 Å². The van der Waals surface area contributed by atoms with Crippen molar-refractivity contribution in [2.75, 3.05) is 47.5 Å². The molecule has 0 aromatic rings. The molecule has 2 unspecified atom stereocenters. The van der Waals surface area contributed by atoms with Crippen LogP contribution in [-0.2, 0) is 32.7 Å². The summed E-state index contributed by atoms with van der Waals surface area (Å²) >= 11 is 0. The zero-order valence-electron chi connectivity index (χ0n) is 29.3. The van der Waals surface area contributed by atoms with E-state index in [0.717, 1.165) is 64.2 Å². The summed E-state index contributed by atoms with van der Waals surface area (Å²) in [5.41, 5.74) is 0. The van der Waals surface area contributed by atoms with Crippen LogP contribution >= 0.6 is 7.82 Å². The summed E-state index contributed by atoms with van der Waals surface area (Å²) in [4.78, 5) is 34.9. The van der Waals surface area contributed by atoms with Gasteiger partial charge >= 0.3 is 19.8 Å². The van der Waals surface area contributed by atoms with Gasteiger partial charge in [-0.1, -0.05) is 102 Å². The van der Waals surface area contributed by atoms with Gasteiger partial charge in [0.15, 0.2) is 6.10 Å². The smallest absolute Gasteiger partial charge is 0.462 e. The van der Waals surface area contributed by atoms with Gasteiger partial charge < -0.3 is 18.9 Å². The van der Waals surface area contributed by atoms with E-state index in [0.29, 0.717) is 17.4 Å². The molecule has 2 atom stereocenters. The van der Waals surface area contributed by atoms with Crippen LogP contribution in [0.25, 0.3) is 0 Å². The van der Waals surface area contributed by atoms with E-state index in [9.17, 15) is 19.0 Å². The standard InChI is InChI=1S/C35H66NO8P/c1-6-8-10-12-14-15-16-17-18-19-20-21-22-24-26-28-35(38)44-33(31-41-34(37)27-25-23-13-11-9-7-2)32-43-45(39,40)42-30-29-36(3,4)5/h14-15,17-18,33H,6-13,16,19-32H2,1-5H3/p+1/b15-14-,18-17-. The lowest BCUT2D eigenvalue weighted by Gasteiger charge is -2.24. The normalized spacial score (nSPS) is 14.2. The van der Waals surface area contributed by atoms with E-state index in [1.54, 1.807) is 0 Å². The van der Waals surface area contributed by atoms with Gasteiger partial charge in [0.2, 0.25) is 0 Å². The van der Waals surface area contributed by atoms with Crippen molar-refractivity contribution < 1.29 is 42.1 Å². The molecule has 0 bridgehead atoms. The summed E-state index contributed by atoms with van der Waals surface area (Å²) in [6, 6.07) is 0. The number of unbranched alkanes of at least 4 members (excludes halogenated alkanes) is 13. The monoisotopic (exact) mass is 660 g/mol. The first-order valence-corrected chi connectivity index (χ1v) is 19.1. The van der Waals surface area contributed by atoms with Crippen LogP contribution in [0.4, 0.5) is 0 Å². The van der Waals surface area contributed by atoms with Crippen LogP contribution in [0.1, 0.15) is 136 Å². The second-order valence-electron chi connectivity index (χ2n) is 12.9. The Bertz CT molecular complexity index is 840. The molecule has 0 saturated carbocycles. The predicted molar refractivity (Wildman–Crippen MR) is 183 cm³/mol. The van der Waals surface area contributed by atoms with Crippen LogP contribution in [0, 0.1) is 0 Å². The van der Waals surface area contributed by atoms with E-state index in [1.807, 2.05) is 21.1 Å². The van der Waals surface area contributed by atoms with Gasteiger partial charge in [-0.05, 0) is 44.9 Å². The zero-order valence-corrected chi connectivity index (χ0v) is 30.2. The molecule has 0 aromatic carbocycles. The lowest BCUT2D eigenvalue weighted by atomic mass is 10.1. The number of phosphoric ester groups is 1. The van der Waals surface area contributed by atoms with Gasteiger partial charge in [-0.3, -0.25) is 18.6 Å². The number of carbonyl (C=O) groups excluding carboxylic acids is 2. The van der Waals surface area contributed by atoms with Crippen LogP contribution in [0.5, 0.6) is 0 Å². The maximum atomic E-state index is 12.5. The summed E-state index contributed by atoms with van der Waals surface area (Å²) < 4.78 is 33.9. The Morgan fingerprint density at radius 3 is 1.80 bits per heavy atom. The van der Waals surface area contributed by atoms with Crippen molar-refractivity contribution in [3.63, 3.8) is 0 Å². The molecular weight excluding hydrogens is 593 g/mol. The van der Waals surface area contributed by atoms with Gasteiger partial charge in [-0.15, -0.1) is 0 Å². The average molecular weight is 661 g/mol. The molecule has 0 aromatic heterocycles. The van der Waals surface area contributed by atoms with E-state index >= 15 is 0 Å². The second-order valence-corrected chi connectivity index (χ2v) is 14.4. The van der Waals surface area contributed by atoms with E-state index in [1.165, 1.54) is 38.5 Å². The molecule has 10 heteroatoms. The maximum absolute atomic E-state index is 12.5. The fourth-order valence-corrected chi connectivity index (χ4v) is 5.14. The van der Waals surface area contributed by atoms with E-state index in [4.69, 9.17) is 18.5 Å². The van der Waals surface area contributed by atoms with Crippen LogP contribution < -0.4 is 0 Å². The minimum absolute atomic E-state index is 0.0296. The largest absolute Gasteiger partial charge is 0.472 e. The van der Waals surface area contributed by atoms with Crippen LogP contribution in [-0.4, -0.2) is 74.9 Å². The third-order valence-electron chi connectivity index (χ3n) is 7.23. The third-order valence-corrected chi connectivity index (χ3v) is 8.22. The lowest BCUT2D eigenvalue weighted by Crippen LogP contribution is -2.37. The molecule has 0 aliphatic carbocycles. The SMILES string of the molecule is CCCCC/C=C\C/C=C\CCCCCCCC(=O)OC(COC(=O)CCCCCCCC)COP(=O)(O)OCC[N+](C)(C)C. The first kappa shape index (κ1) is 43.5. The highest BCUT2D eigenvalue weighted by Gasteiger charge is 2.27. The first-order chi connectivity index (χ1) is 21.5. The Morgan fingerprint density at radius 1 is 0.689 bits per heavy atom. The summed E-state index contributed by atoms with van der Waals surface area (Å²) in [5.74, 6) is -0.827. The first-order valence-electron chi connectivity index (χ1n) is 17.6. The van der Waals surface area contributed by atoms with Gasteiger partial charge in [0.25, 0.3) is 0 Å². The van der Waals surface area contributed by atoms with Crippen LogP contribution in [0.2, 0.25) is 0 Å². The van der Waals surface area contributed by atoms with Gasteiger partial charge in [-0.25, -0.2) is 4.57 Å². The number of esters is 2. The van der Waals surface area contributed by atoms with Crippen molar-refractivity contribution in [3.05, 3.63) is 24.3 Å². The van der Waals surface area contributed by atoms with Crippen LogP contribution in [0.3, 0.4) is 0 Å². The number of hydrogen-bond donors (Lipinski definition) is 1. The zero-order chi connectivity index (χ0) is 33.7. The summed E-state index contributed by atoms with van der Waals surface area (Å²) in [6.45, 7) is 4.28. The molecule has 0 amide bonds. The minimum Gasteiger partial charge on any atom is -0.462 e. The van der Waals surface area contributed by atoms with Gasteiger partial charge in [0.05, 0.1) is 27.7 Å². The van der Waals surface area contributed by atoms with E-state index < -0.39 is 26.5 Å². The van der Waals surface area contributed by atoms with Crippen molar-refractivity contribution in [2.45, 2.75) is 142 Å². The predicted octanol–water partition coefficient (Wildman–Crippen LogP) is 8.85. The van der Waals surface area contributed by atoms with Crippen molar-refractivity contribution in [2.24, 2.45) is 0 Å². The highest BCUT2D eigenvalue weighted by atomic mass is 31.2. The van der Waals surface area contributed by atoms with Gasteiger partial charge in [0, 0.05) is 12.8 Å². The quantitative estimate of drug-likeness (QED) is 0.0258. The molecule has 0 fully saturated rings. The number of ether oxygens (including phenoxy) is 2. The summed E-state index contributed by atoms with van der Waals surface area (Å²) in [5, 5.41) is 0. The fourth-order valence-electron chi connectivity index (χ4n) is 4.39. The minimum atomic E-state index is -4.36. The average Bonchev–Trinajstić information content (AvgIpc) is 2.97. The topological polar surface area (TPSA) is 108 Å². The highest BCUT2D eigenvalue weighted by Crippen LogP contribution is 2.43. The Hall–Kier alpha value is -1.51. The number of phosphoric acid groups is 1. The van der Waals surface area contributed by atoms with E-state index in [-0.39, 0.29) is 32.0 Å². The number of nitrogens with zero attached hydrogens (tertiary/aromatic N) is 1. The number of carbonyl (C=O) groups is 2. The van der Waals surface area contributed by atoms with Crippen molar-refractivity contribution in [1.82, 2.24) is 0 Å². The molecule has 0 rings (SSSR count). The van der Waals surface area contributed by atoms with E-state index in [2.05, 4.69) is 38.2 Å².